The number of halogens is 1. The van der Waals surface area contributed by atoms with Crippen LogP contribution in [0.1, 0.15) is 32.6 Å². The van der Waals surface area contributed by atoms with Crippen LogP contribution >= 0.6 is 0 Å². The molecule has 19 heavy (non-hydrogen) atoms. The first-order valence-electron chi connectivity index (χ1n) is 7.40. The number of hydrogen-bond acceptors (Lipinski definition) is 2. The molecule has 0 heterocycles. The van der Waals surface area contributed by atoms with Gasteiger partial charge in [0.05, 0.1) is 0 Å². The van der Waals surface area contributed by atoms with Crippen LogP contribution in [0.15, 0.2) is 24.3 Å². The molecule has 2 nitrogen and oxygen atoms in total. The highest BCUT2D eigenvalue weighted by atomic mass is 19.1. The lowest BCUT2D eigenvalue weighted by Gasteiger charge is -2.27. The molecule has 1 aliphatic rings. The van der Waals surface area contributed by atoms with Crippen LogP contribution in [0.25, 0.3) is 0 Å². The molecule has 0 spiro atoms. The molecular weight excluding hydrogens is 239 g/mol. The van der Waals surface area contributed by atoms with E-state index in [2.05, 4.69) is 24.2 Å². The molecule has 1 aromatic carbocycles. The quantitative estimate of drug-likeness (QED) is 0.847. The Kier molecular flexibility index (Phi) is 5.20. The maximum Gasteiger partial charge on any atom is 0.125 e. The SMILES string of the molecule is CCCNC1CCCC1CN(C)c1cccc(F)c1. The van der Waals surface area contributed by atoms with Crippen molar-refractivity contribution >= 4 is 5.69 Å². The van der Waals surface area contributed by atoms with Gasteiger partial charge in [-0.15, -0.1) is 0 Å². The van der Waals surface area contributed by atoms with Crippen molar-refractivity contribution in [2.45, 2.75) is 38.6 Å². The summed E-state index contributed by atoms with van der Waals surface area (Å²) in [7, 11) is 2.06. The van der Waals surface area contributed by atoms with Gasteiger partial charge in [-0.25, -0.2) is 4.39 Å². The monoisotopic (exact) mass is 264 g/mol. The third kappa shape index (κ3) is 3.93. The number of benzene rings is 1. The van der Waals surface area contributed by atoms with Gasteiger partial charge in [-0.05, 0) is 49.9 Å². The maximum absolute atomic E-state index is 13.2. The summed E-state index contributed by atoms with van der Waals surface area (Å²) in [6, 6.07) is 7.51. The van der Waals surface area contributed by atoms with Crippen molar-refractivity contribution in [2.75, 3.05) is 25.0 Å². The van der Waals surface area contributed by atoms with E-state index in [0.717, 1.165) is 18.8 Å². The molecule has 0 aromatic heterocycles. The molecular formula is C16H25FN2. The average molecular weight is 264 g/mol. The van der Waals surface area contributed by atoms with E-state index in [-0.39, 0.29) is 5.82 Å². The molecule has 0 saturated heterocycles. The van der Waals surface area contributed by atoms with Crippen molar-refractivity contribution in [1.29, 1.82) is 0 Å². The Morgan fingerprint density at radius 2 is 2.21 bits per heavy atom. The minimum atomic E-state index is -0.156. The molecule has 1 saturated carbocycles. The summed E-state index contributed by atoms with van der Waals surface area (Å²) in [6.07, 6.45) is 5.05. The predicted molar refractivity (Wildman–Crippen MR) is 79.1 cm³/mol. The van der Waals surface area contributed by atoms with Crippen molar-refractivity contribution < 1.29 is 4.39 Å². The fraction of sp³-hybridized carbons (Fsp3) is 0.625. The molecule has 2 unspecified atom stereocenters. The van der Waals surface area contributed by atoms with E-state index in [1.165, 1.54) is 31.7 Å². The molecule has 1 fully saturated rings. The standard InChI is InChI=1S/C16H25FN2/c1-3-10-18-16-9-4-6-13(16)12-19(2)15-8-5-7-14(17)11-15/h5,7-8,11,13,16,18H,3-4,6,9-10,12H2,1-2H3. The van der Waals surface area contributed by atoms with Gasteiger partial charge >= 0.3 is 0 Å². The average Bonchev–Trinajstić information content (AvgIpc) is 2.83. The summed E-state index contributed by atoms with van der Waals surface area (Å²) >= 11 is 0. The Bertz CT molecular complexity index is 394. The Balaban J connectivity index is 1.92. The smallest absolute Gasteiger partial charge is 0.125 e. The molecule has 106 valence electrons. The molecule has 2 rings (SSSR count). The fourth-order valence-corrected chi connectivity index (χ4v) is 3.02. The summed E-state index contributed by atoms with van der Waals surface area (Å²) in [5.74, 6) is 0.524. The van der Waals surface area contributed by atoms with Gasteiger partial charge in [0.2, 0.25) is 0 Å². The minimum Gasteiger partial charge on any atom is -0.374 e. The van der Waals surface area contributed by atoms with Crippen LogP contribution in [0.5, 0.6) is 0 Å². The molecule has 0 bridgehead atoms. The first-order valence-corrected chi connectivity index (χ1v) is 7.40. The third-order valence-electron chi connectivity index (χ3n) is 4.07. The number of nitrogens with one attached hydrogen (secondary N) is 1. The zero-order valence-corrected chi connectivity index (χ0v) is 12.0. The van der Waals surface area contributed by atoms with E-state index in [1.54, 1.807) is 12.1 Å². The summed E-state index contributed by atoms with van der Waals surface area (Å²) in [5.41, 5.74) is 0.973. The van der Waals surface area contributed by atoms with E-state index < -0.39 is 0 Å². The molecule has 1 aliphatic carbocycles. The Morgan fingerprint density at radius 3 is 2.95 bits per heavy atom. The van der Waals surface area contributed by atoms with Gasteiger partial charge < -0.3 is 10.2 Å². The number of hydrogen-bond donors (Lipinski definition) is 1. The summed E-state index contributed by atoms with van der Waals surface area (Å²) < 4.78 is 13.2. The van der Waals surface area contributed by atoms with Crippen LogP contribution in [0.4, 0.5) is 10.1 Å². The number of rotatable bonds is 6. The zero-order valence-electron chi connectivity index (χ0n) is 12.0. The molecule has 3 heteroatoms. The van der Waals surface area contributed by atoms with Crippen LogP contribution in [-0.4, -0.2) is 26.2 Å². The molecule has 2 atom stereocenters. The van der Waals surface area contributed by atoms with E-state index in [1.807, 2.05) is 6.07 Å². The van der Waals surface area contributed by atoms with Gasteiger partial charge in [0.1, 0.15) is 5.82 Å². The zero-order chi connectivity index (χ0) is 13.7. The number of nitrogens with zero attached hydrogens (tertiary/aromatic N) is 1. The molecule has 0 amide bonds. The second kappa shape index (κ2) is 6.90. The van der Waals surface area contributed by atoms with Gasteiger partial charge in [0.25, 0.3) is 0 Å². The highest BCUT2D eigenvalue weighted by Crippen LogP contribution is 2.27. The molecule has 0 radical (unpaired) electrons. The van der Waals surface area contributed by atoms with Crippen molar-refractivity contribution in [1.82, 2.24) is 5.32 Å². The van der Waals surface area contributed by atoms with Gasteiger partial charge in [0, 0.05) is 25.3 Å². The Hall–Kier alpha value is -1.09. The minimum absolute atomic E-state index is 0.156. The molecule has 1 N–H and O–H groups in total. The van der Waals surface area contributed by atoms with E-state index in [4.69, 9.17) is 0 Å². The van der Waals surface area contributed by atoms with Gasteiger partial charge in [-0.3, -0.25) is 0 Å². The van der Waals surface area contributed by atoms with E-state index in [0.29, 0.717) is 12.0 Å². The van der Waals surface area contributed by atoms with Gasteiger partial charge in [-0.2, -0.15) is 0 Å². The van der Waals surface area contributed by atoms with Crippen molar-refractivity contribution in [2.24, 2.45) is 5.92 Å². The van der Waals surface area contributed by atoms with Crippen molar-refractivity contribution in [3.05, 3.63) is 30.1 Å². The van der Waals surface area contributed by atoms with Crippen LogP contribution in [0.2, 0.25) is 0 Å². The summed E-state index contributed by atoms with van der Waals surface area (Å²) in [5, 5.41) is 3.65. The van der Waals surface area contributed by atoms with Crippen LogP contribution in [0.3, 0.4) is 0 Å². The first kappa shape index (κ1) is 14.3. The first-order chi connectivity index (χ1) is 9.20. The van der Waals surface area contributed by atoms with Crippen molar-refractivity contribution in [3.63, 3.8) is 0 Å². The molecule has 1 aromatic rings. The van der Waals surface area contributed by atoms with E-state index in [9.17, 15) is 4.39 Å². The van der Waals surface area contributed by atoms with E-state index >= 15 is 0 Å². The lowest BCUT2D eigenvalue weighted by atomic mass is 10.0. The predicted octanol–water partition coefficient (Wildman–Crippen LogP) is 3.43. The van der Waals surface area contributed by atoms with Crippen LogP contribution in [-0.2, 0) is 0 Å². The summed E-state index contributed by atoms with van der Waals surface area (Å²) in [6.45, 7) is 4.31. The molecule has 0 aliphatic heterocycles. The number of anilines is 1. The lowest BCUT2D eigenvalue weighted by molar-refractivity contribution is 0.403. The Morgan fingerprint density at radius 1 is 1.37 bits per heavy atom. The normalized spacial score (nSPS) is 22.7. The fourth-order valence-electron chi connectivity index (χ4n) is 3.02. The lowest BCUT2D eigenvalue weighted by Crippen LogP contribution is -2.38. The van der Waals surface area contributed by atoms with Gasteiger partial charge in [-0.1, -0.05) is 19.4 Å². The highest BCUT2D eigenvalue weighted by Gasteiger charge is 2.27. The van der Waals surface area contributed by atoms with Crippen LogP contribution < -0.4 is 10.2 Å². The largest absolute Gasteiger partial charge is 0.374 e. The maximum atomic E-state index is 13.2. The second-order valence-corrected chi connectivity index (χ2v) is 5.61. The van der Waals surface area contributed by atoms with Gasteiger partial charge in [0.15, 0.2) is 0 Å². The van der Waals surface area contributed by atoms with Crippen molar-refractivity contribution in [3.8, 4) is 0 Å². The second-order valence-electron chi connectivity index (χ2n) is 5.61. The summed E-state index contributed by atoms with van der Waals surface area (Å²) in [4.78, 5) is 2.18. The topological polar surface area (TPSA) is 15.3 Å². The Labute approximate surface area is 116 Å². The highest BCUT2D eigenvalue weighted by molar-refractivity contribution is 5.45. The van der Waals surface area contributed by atoms with Crippen LogP contribution in [0, 0.1) is 11.7 Å². The third-order valence-corrected chi connectivity index (χ3v) is 4.07.